The molecule has 1 saturated heterocycles. The molecule has 2 atom stereocenters. The number of likely N-dealkylation sites (tertiary alicyclic amines) is 1. The van der Waals surface area contributed by atoms with Crippen LogP contribution in [0, 0.1) is 5.92 Å². The first-order valence-corrected chi connectivity index (χ1v) is 6.74. The van der Waals surface area contributed by atoms with E-state index in [1.807, 2.05) is 37.3 Å². The molecule has 0 aliphatic carbocycles. The van der Waals surface area contributed by atoms with Crippen LogP contribution in [0.4, 0.5) is 0 Å². The third-order valence-corrected chi connectivity index (χ3v) is 3.67. The first-order chi connectivity index (χ1) is 9.63. The van der Waals surface area contributed by atoms with Crippen LogP contribution in [0.5, 0.6) is 0 Å². The molecular formula is C15H20N2O3. The maximum atomic E-state index is 12.1. The lowest BCUT2D eigenvalue weighted by atomic mass is 10.1. The van der Waals surface area contributed by atoms with Gasteiger partial charge in [0.15, 0.2) is 0 Å². The van der Waals surface area contributed by atoms with Crippen molar-refractivity contribution in [3.05, 3.63) is 35.9 Å². The number of methoxy groups -OCH3 is 1. The predicted molar refractivity (Wildman–Crippen MR) is 74.7 cm³/mol. The van der Waals surface area contributed by atoms with Crippen molar-refractivity contribution in [2.24, 2.45) is 5.92 Å². The van der Waals surface area contributed by atoms with Crippen LogP contribution in [0.3, 0.4) is 0 Å². The van der Waals surface area contributed by atoms with Gasteiger partial charge in [0.2, 0.25) is 11.8 Å². The van der Waals surface area contributed by atoms with Gasteiger partial charge in [-0.3, -0.25) is 9.59 Å². The SMILES string of the molecule is COCNC(=O)[C@H]1CC(=O)N(C(C)c2ccccc2)C1. The molecule has 20 heavy (non-hydrogen) atoms. The molecule has 1 aromatic carbocycles. The molecule has 0 bridgehead atoms. The van der Waals surface area contributed by atoms with E-state index in [-0.39, 0.29) is 36.9 Å². The number of carbonyl (C=O) groups is 2. The van der Waals surface area contributed by atoms with E-state index in [0.717, 1.165) is 5.56 Å². The second-order valence-electron chi connectivity index (χ2n) is 5.01. The summed E-state index contributed by atoms with van der Waals surface area (Å²) in [5.41, 5.74) is 1.08. The van der Waals surface area contributed by atoms with E-state index in [4.69, 9.17) is 4.74 Å². The Kier molecular flexibility index (Phi) is 4.74. The number of benzene rings is 1. The highest BCUT2D eigenvalue weighted by molar-refractivity contribution is 5.89. The fraction of sp³-hybridized carbons (Fsp3) is 0.467. The zero-order valence-corrected chi connectivity index (χ0v) is 11.8. The first kappa shape index (κ1) is 14.5. The van der Waals surface area contributed by atoms with Gasteiger partial charge in [0.05, 0.1) is 12.0 Å². The molecule has 1 fully saturated rings. The van der Waals surface area contributed by atoms with E-state index in [9.17, 15) is 9.59 Å². The first-order valence-electron chi connectivity index (χ1n) is 6.74. The number of nitrogens with zero attached hydrogens (tertiary/aromatic N) is 1. The molecule has 108 valence electrons. The van der Waals surface area contributed by atoms with Crippen LogP contribution in [0.2, 0.25) is 0 Å². The minimum absolute atomic E-state index is 0.0103. The van der Waals surface area contributed by atoms with Gasteiger partial charge in [0.1, 0.15) is 6.73 Å². The molecule has 0 aromatic heterocycles. The molecule has 2 rings (SSSR count). The molecule has 5 heteroatoms. The van der Waals surface area contributed by atoms with E-state index >= 15 is 0 Å². The van der Waals surface area contributed by atoms with Gasteiger partial charge in [-0.1, -0.05) is 30.3 Å². The Morgan fingerprint density at radius 2 is 2.15 bits per heavy atom. The highest BCUT2D eigenvalue weighted by Gasteiger charge is 2.36. The highest BCUT2D eigenvalue weighted by Crippen LogP contribution is 2.28. The lowest BCUT2D eigenvalue weighted by Crippen LogP contribution is -2.34. The summed E-state index contributed by atoms with van der Waals surface area (Å²) in [4.78, 5) is 25.7. The number of hydrogen-bond donors (Lipinski definition) is 1. The summed E-state index contributed by atoms with van der Waals surface area (Å²) in [5.74, 6) is -0.384. The average molecular weight is 276 g/mol. The molecular weight excluding hydrogens is 256 g/mol. The molecule has 0 radical (unpaired) electrons. The van der Waals surface area contributed by atoms with Gasteiger partial charge in [0, 0.05) is 20.1 Å². The Morgan fingerprint density at radius 1 is 1.45 bits per heavy atom. The van der Waals surface area contributed by atoms with Crippen molar-refractivity contribution in [2.45, 2.75) is 19.4 Å². The Hall–Kier alpha value is -1.88. The summed E-state index contributed by atoms with van der Waals surface area (Å²) in [6.45, 7) is 2.63. The maximum Gasteiger partial charge on any atom is 0.227 e. The van der Waals surface area contributed by atoms with Gasteiger partial charge in [-0.15, -0.1) is 0 Å². The third kappa shape index (κ3) is 3.17. The Balaban J connectivity index is 2.00. The zero-order chi connectivity index (χ0) is 14.5. The standard InChI is InChI=1S/C15H20N2O3/c1-11(12-6-4-3-5-7-12)17-9-13(8-14(17)18)15(19)16-10-20-2/h3-7,11,13H,8-10H2,1-2H3,(H,16,19)/t11?,13-/m0/s1. The topological polar surface area (TPSA) is 58.6 Å². The molecule has 0 saturated carbocycles. The largest absolute Gasteiger partial charge is 0.364 e. The summed E-state index contributed by atoms with van der Waals surface area (Å²) >= 11 is 0. The van der Waals surface area contributed by atoms with Crippen LogP contribution in [0.25, 0.3) is 0 Å². The van der Waals surface area contributed by atoms with Gasteiger partial charge in [-0.25, -0.2) is 0 Å². The summed E-state index contributed by atoms with van der Waals surface area (Å²) in [6.07, 6.45) is 0.271. The second kappa shape index (κ2) is 6.52. The molecule has 1 aliphatic rings. The van der Waals surface area contributed by atoms with Gasteiger partial charge in [-0.2, -0.15) is 0 Å². The number of rotatable bonds is 5. The van der Waals surface area contributed by atoms with Crippen LogP contribution >= 0.6 is 0 Å². The quantitative estimate of drug-likeness (QED) is 0.825. The van der Waals surface area contributed by atoms with Crippen molar-refractivity contribution >= 4 is 11.8 Å². The predicted octanol–water partition coefficient (Wildman–Crippen LogP) is 1.32. The van der Waals surface area contributed by atoms with E-state index < -0.39 is 0 Å². The van der Waals surface area contributed by atoms with E-state index in [1.54, 1.807) is 4.90 Å². The Labute approximate surface area is 118 Å². The lowest BCUT2D eigenvalue weighted by molar-refractivity contribution is -0.130. The van der Waals surface area contributed by atoms with Crippen molar-refractivity contribution in [3.63, 3.8) is 0 Å². The number of amides is 2. The van der Waals surface area contributed by atoms with Crippen molar-refractivity contribution in [1.29, 1.82) is 0 Å². The summed E-state index contributed by atoms with van der Waals surface area (Å²) in [5, 5.41) is 2.65. The van der Waals surface area contributed by atoms with Crippen LogP contribution in [0.15, 0.2) is 30.3 Å². The van der Waals surface area contributed by atoms with E-state index in [2.05, 4.69) is 5.32 Å². The molecule has 1 aromatic rings. The lowest BCUT2D eigenvalue weighted by Gasteiger charge is -2.25. The molecule has 1 heterocycles. The van der Waals surface area contributed by atoms with Gasteiger partial charge >= 0.3 is 0 Å². The number of ether oxygens (including phenoxy) is 1. The van der Waals surface area contributed by atoms with Gasteiger partial charge < -0.3 is 15.0 Å². The van der Waals surface area contributed by atoms with Crippen molar-refractivity contribution in [1.82, 2.24) is 10.2 Å². The molecule has 2 amide bonds. The van der Waals surface area contributed by atoms with Crippen LogP contribution in [-0.4, -0.2) is 37.1 Å². The van der Waals surface area contributed by atoms with E-state index in [0.29, 0.717) is 6.54 Å². The third-order valence-electron chi connectivity index (χ3n) is 3.67. The fourth-order valence-corrected chi connectivity index (χ4v) is 2.48. The average Bonchev–Trinajstić information content (AvgIpc) is 2.87. The van der Waals surface area contributed by atoms with Crippen molar-refractivity contribution < 1.29 is 14.3 Å². The number of carbonyl (C=O) groups excluding carboxylic acids is 2. The summed E-state index contributed by atoms with van der Waals surface area (Å²) < 4.78 is 4.81. The Bertz CT molecular complexity index is 475. The maximum absolute atomic E-state index is 12.1. The minimum Gasteiger partial charge on any atom is -0.364 e. The molecule has 5 nitrogen and oxygen atoms in total. The highest BCUT2D eigenvalue weighted by atomic mass is 16.5. The summed E-state index contributed by atoms with van der Waals surface area (Å²) in [6, 6.07) is 9.84. The normalized spacial score (nSPS) is 20.0. The van der Waals surface area contributed by atoms with E-state index in [1.165, 1.54) is 7.11 Å². The zero-order valence-electron chi connectivity index (χ0n) is 11.8. The Morgan fingerprint density at radius 3 is 2.80 bits per heavy atom. The minimum atomic E-state index is -0.288. The number of hydrogen-bond acceptors (Lipinski definition) is 3. The molecule has 1 aliphatic heterocycles. The number of nitrogens with one attached hydrogen (secondary N) is 1. The fourth-order valence-electron chi connectivity index (χ4n) is 2.48. The van der Waals surface area contributed by atoms with Crippen LogP contribution in [0.1, 0.15) is 24.9 Å². The molecule has 1 unspecified atom stereocenters. The smallest absolute Gasteiger partial charge is 0.227 e. The molecule has 1 N–H and O–H groups in total. The van der Waals surface area contributed by atoms with Crippen molar-refractivity contribution in [3.8, 4) is 0 Å². The van der Waals surface area contributed by atoms with Crippen LogP contribution < -0.4 is 5.32 Å². The molecule has 0 spiro atoms. The summed E-state index contributed by atoms with van der Waals surface area (Å²) in [7, 11) is 1.52. The van der Waals surface area contributed by atoms with Crippen LogP contribution in [-0.2, 0) is 14.3 Å². The van der Waals surface area contributed by atoms with Gasteiger partial charge in [0.25, 0.3) is 0 Å². The monoisotopic (exact) mass is 276 g/mol. The van der Waals surface area contributed by atoms with Crippen molar-refractivity contribution in [2.75, 3.05) is 20.4 Å². The van der Waals surface area contributed by atoms with Gasteiger partial charge in [-0.05, 0) is 12.5 Å². The second-order valence-corrected chi connectivity index (χ2v) is 5.01.